The Morgan fingerprint density at radius 1 is 1.23 bits per heavy atom. The van der Waals surface area contributed by atoms with Crippen LogP contribution < -0.4 is 0 Å². The Bertz CT molecular complexity index is 1050. The first-order valence-electron chi connectivity index (χ1n) is 10.5. The molecular formula is C26H25FN2O. The zero-order chi connectivity index (χ0) is 21.1. The van der Waals surface area contributed by atoms with E-state index < -0.39 is 5.41 Å². The maximum Gasteiger partial charge on any atom is 0.173 e. The molecule has 2 aliphatic rings. The summed E-state index contributed by atoms with van der Waals surface area (Å²) >= 11 is 0. The minimum Gasteiger partial charge on any atom is -0.370 e. The van der Waals surface area contributed by atoms with Crippen LogP contribution in [0.2, 0.25) is 0 Å². The molecule has 2 atom stereocenters. The molecule has 0 radical (unpaired) electrons. The van der Waals surface area contributed by atoms with E-state index in [4.69, 9.17) is 0 Å². The molecule has 4 heteroatoms. The van der Waals surface area contributed by atoms with E-state index in [1.807, 2.05) is 30.3 Å². The van der Waals surface area contributed by atoms with Crippen molar-refractivity contribution < 1.29 is 9.18 Å². The van der Waals surface area contributed by atoms with Gasteiger partial charge in [0.05, 0.1) is 11.0 Å². The lowest BCUT2D eigenvalue weighted by atomic mass is 9.59. The van der Waals surface area contributed by atoms with Crippen LogP contribution in [-0.2, 0) is 16.8 Å². The molecule has 1 saturated heterocycles. The summed E-state index contributed by atoms with van der Waals surface area (Å²) in [5.74, 6) is -0.203. The molecule has 2 unspecified atom stereocenters. The quantitative estimate of drug-likeness (QED) is 0.699. The fourth-order valence-corrected chi connectivity index (χ4v) is 5.01. The number of halogens is 1. The Morgan fingerprint density at radius 2 is 2.03 bits per heavy atom. The van der Waals surface area contributed by atoms with E-state index in [0.717, 1.165) is 36.2 Å². The Kier molecular flexibility index (Phi) is 5.55. The van der Waals surface area contributed by atoms with Crippen LogP contribution in [0.3, 0.4) is 0 Å². The number of hydrogen-bond acceptors (Lipinski definition) is 3. The van der Waals surface area contributed by atoms with Crippen molar-refractivity contribution in [1.82, 2.24) is 4.90 Å². The summed E-state index contributed by atoms with van der Waals surface area (Å²) in [4.78, 5) is 14.9. The normalized spacial score (nSPS) is 24.9. The van der Waals surface area contributed by atoms with Crippen molar-refractivity contribution >= 4 is 5.78 Å². The lowest BCUT2D eigenvalue weighted by molar-refractivity contribution is -0.117. The Balaban J connectivity index is 1.87. The topological polar surface area (TPSA) is 44.1 Å². The molecule has 2 aromatic rings. The highest BCUT2D eigenvalue weighted by atomic mass is 19.1. The lowest BCUT2D eigenvalue weighted by Crippen LogP contribution is -2.51. The van der Waals surface area contributed by atoms with Gasteiger partial charge in [-0.3, -0.25) is 4.79 Å². The maximum absolute atomic E-state index is 13.8. The number of allylic oxidation sites excluding steroid dienone is 3. The summed E-state index contributed by atoms with van der Waals surface area (Å²) in [6, 6.07) is 19.0. The molecular weight excluding hydrogens is 375 g/mol. The molecule has 30 heavy (non-hydrogen) atoms. The van der Waals surface area contributed by atoms with Crippen molar-refractivity contribution in [2.24, 2.45) is 5.92 Å². The summed E-state index contributed by atoms with van der Waals surface area (Å²) < 4.78 is 13.8. The van der Waals surface area contributed by atoms with Crippen LogP contribution in [0.15, 0.2) is 78.0 Å². The van der Waals surface area contributed by atoms with E-state index in [1.54, 1.807) is 12.1 Å². The smallest absolute Gasteiger partial charge is 0.173 e. The average molecular weight is 400 g/mol. The van der Waals surface area contributed by atoms with Crippen LogP contribution in [0.1, 0.15) is 37.3 Å². The molecule has 1 heterocycles. The zero-order valence-corrected chi connectivity index (χ0v) is 17.1. The first kappa shape index (κ1) is 20.1. The molecule has 2 aromatic carbocycles. The number of nitrogens with zero attached hydrogens (tertiary/aromatic N) is 2. The van der Waals surface area contributed by atoms with Crippen molar-refractivity contribution in [3.05, 3.63) is 95.0 Å². The van der Waals surface area contributed by atoms with Gasteiger partial charge in [0.15, 0.2) is 5.78 Å². The number of carbonyl (C=O) groups is 1. The molecule has 4 rings (SSSR count). The molecule has 0 bridgehead atoms. The van der Waals surface area contributed by atoms with E-state index in [2.05, 4.69) is 36.1 Å². The molecule has 1 aliphatic carbocycles. The SMILES string of the molecule is CC/C=C1/N(Cc2cccc(F)c2)CCC2CC(=O)C(C#N)=CC12c1ccccc1. The first-order valence-corrected chi connectivity index (χ1v) is 10.5. The van der Waals surface area contributed by atoms with Gasteiger partial charge in [-0.2, -0.15) is 5.26 Å². The van der Waals surface area contributed by atoms with Crippen molar-refractivity contribution in [3.8, 4) is 6.07 Å². The van der Waals surface area contributed by atoms with E-state index in [-0.39, 0.29) is 23.1 Å². The van der Waals surface area contributed by atoms with Crippen LogP contribution in [0.4, 0.5) is 4.39 Å². The molecule has 3 nitrogen and oxygen atoms in total. The van der Waals surface area contributed by atoms with Gasteiger partial charge in [-0.05, 0) is 48.1 Å². The van der Waals surface area contributed by atoms with Gasteiger partial charge >= 0.3 is 0 Å². The van der Waals surface area contributed by atoms with Crippen molar-refractivity contribution in [2.45, 2.75) is 38.1 Å². The number of rotatable bonds is 4. The van der Waals surface area contributed by atoms with E-state index in [9.17, 15) is 14.4 Å². The third kappa shape index (κ3) is 3.45. The summed E-state index contributed by atoms with van der Waals surface area (Å²) in [6.07, 6.45) is 6.16. The number of likely N-dealkylation sites (tertiary alicyclic amines) is 1. The number of Topliss-reactive ketones (excluding diaryl/α,β-unsaturated/α-hetero) is 1. The van der Waals surface area contributed by atoms with Crippen LogP contribution in [0.5, 0.6) is 0 Å². The van der Waals surface area contributed by atoms with Gasteiger partial charge < -0.3 is 4.90 Å². The van der Waals surface area contributed by atoms with Gasteiger partial charge in [-0.1, -0.05) is 55.5 Å². The van der Waals surface area contributed by atoms with E-state index in [0.29, 0.717) is 13.0 Å². The highest BCUT2D eigenvalue weighted by Gasteiger charge is 2.50. The third-order valence-corrected chi connectivity index (χ3v) is 6.29. The highest BCUT2D eigenvalue weighted by molar-refractivity contribution is 6.01. The fraction of sp³-hybridized carbons (Fsp3) is 0.308. The number of nitriles is 1. The monoisotopic (exact) mass is 400 g/mol. The molecule has 0 saturated carbocycles. The van der Waals surface area contributed by atoms with Crippen molar-refractivity contribution in [3.63, 3.8) is 0 Å². The number of hydrogen-bond donors (Lipinski definition) is 0. The van der Waals surface area contributed by atoms with Gasteiger partial charge in [-0.25, -0.2) is 4.39 Å². The Hall–Kier alpha value is -3.19. The second-order valence-corrected chi connectivity index (χ2v) is 8.07. The number of carbonyl (C=O) groups excluding carboxylic acids is 1. The number of fused-ring (bicyclic) bond motifs is 1. The minimum absolute atomic E-state index is 0.0662. The molecule has 1 fully saturated rings. The van der Waals surface area contributed by atoms with Crippen molar-refractivity contribution in [2.75, 3.05) is 6.54 Å². The van der Waals surface area contributed by atoms with Gasteiger partial charge in [0.2, 0.25) is 0 Å². The van der Waals surface area contributed by atoms with Crippen LogP contribution >= 0.6 is 0 Å². The number of benzene rings is 2. The van der Waals surface area contributed by atoms with Gasteiger partial charge in [0.1, 0.15) is 11.9 Å². The number of ketones is 1. The minimum atomic E-state index is -0.526. The molecule has 0 N–H and O–H groups in total. The predicted octanol–water partition coefficient (Wildman–Crippen LogP) is 5.30. The summed E-state index contributed by atoms with van der Waals surface area (Å²) in [5, 5.41) is 9.65. The van der Waals surface area contributed by atoms with Crippen LogP contribution in [0, 0.1) is 23.1 Å². The van der Waals surface area contributed by atoms with Gasteiger partial charge in [-0.15, -0.1) is 0 Å². The largest absolute Gasteiger partial charge is 0.370 e. The second kappa shape index (κ2) is 8.28. The average Bonchev–Trinajstić information content (AvgIpc) is 2.76. The predicted molar refractivity (Wildman–Crippen MR) is 115 cm³/mol. The summed E-state index contributed by atoms with van der Waals surface area (Å²) in [7, 11) is 0. The van der Waals surface area contributed by atoms with Gasteiger partial charge in [0, 0.05) is 25.2 Å². The standard InChI is InChI=1S/C26H25FN2O/c1-2-7-25-26(21-9-4-3-5-10-21)16-20(17-28)24(30)15-22(26)12-13-29(25)18-19-8-6-11-23(27)14-19/h3-11,14,16,22H,2,12-13,15,18H2,1H3/b25-7+. The molecule has 0 aromatic heterocycles. The highest BCUT2D eigenvalue weighted by Crippen LogP contribution is 2.52. The second-order valence-electron chi connectivity index (χ2n) is 8.07. The third-order valence-electron chi connectivity index (χ3n) is 6.29. The summed E-state index contributed by atoms with van der Waals surface area (Å²) in [5.41, 5.74) is 2.83. The van der Waals surface area contributed by atoms with E-state index in [1.165, 1.54) is 6.07 Å². The first-order chi connectivity index (χ1) is 14.6. The Labute approximate surface area is 177 Å². The lowest BCUT2D eigenvalue weighted by Gasteiger charge is -2.52. The Morgan fingerprint density at radius 3 is 2.73 bits per heavy atom. The summed E-state index contributed by atoms with van der Waals surface area (Å²) in [6.45, 7) is 3.48. The molecule has 0 spiro atoms. The number of piperidine rings is 1. The maximum atomic E-state index is 13.8. The molecule has 152 valence electrons. The van der Waals surface area contributed by atoms with Crippen LogP contribution in [0.25, 0.3) is 0 Å². The van der Waals surface area contributed by atoms with Gasteiger partial charge in [0.25, 0.3) is 0 Å². The van der Waals surface area contributed by atoms with E-state index >= 15 is 0 Å². The molecule has 0 amide bonds. The van der Waals surface area contributed by atoms with Crippen LogP contribution in [-0.4, -0.2) is 17.2 Å². The fourth-order valence-electron chi connectivity index (χ4n) is 5.01. The van der Waals surface area contributed by atoms with Crippen molar-refractivity contribution in [1.29, 1.82) is 5.26 Å². The zero-order valence-electron chi connectivity index (χ0n) is 17.1. The molecule has 1 aliphatic heterocycles.